The van der Waals surface area contributed by atoms with Gasteiger partial charge in [0.25, 0.3) is 0 Å². The van der Waals surface area contributed by atoms with E-state index in [-0.39, 0.29) is 24.7 Å². The second-order valence-electron chi connectivity index (χ2n) is 9.06. The van der Waals surface area contributed by atoms with Gasteiger partial charge in [-0.25, -0.2) is 0 Å². The lowest BCUT2D eigenvalue weighted by Gasteiger charge is -2.43. The third-order valence-corrected chi connectivity index (χ3v) is 6.77. The zero-order chi connectivity index (χ0) is 23.0. The van der Waals surface area contributed by atoms with Crippen LogP contribution in [-0.4, -0.2) is 61.4 Å². The smallest absolute Gasteiger partial charge is 0.223 e. The molecule has 6 nitrogen and oxygen atoms in total. The Balaban J connectivity index is 1.52. The van der Waals surface area contributed by atoms with E-state index < -0.39 is 0 Å². The van der Waals surface area contributed by atoms with Gasteiger partial charge >= 0.3 is 0 Å². The molecule has 1 saturated heterocycles. The van der Waals surface area contributed by atoms with Crippen molar-refractivity contribution in [2.75, 3.05) is 38.3 Å². The van der Waals surface area contributed by atoms with Gasteiger partial charge in [0.15, 0.2) is 11.5 Å². The summed E-state index contributed by atoms with van der Waals surface area (Å²) >= 11 is 0. The molecule has 6 heteroatoms. The van der Waals surface area contributed by atoms with E-state index in [2.05, 4.69) is 29.2 Å². The number of nitrogens with zero attached hydrogens (tertiary/aromatic N) is 2. The normalized spacial score (nSPS) is 19.0. The highest BCUT2D eigenvalue weighted by molar-refractivity contribution is 5.77. The van der Waals surface area contributed by atoms with Gasteiger partial charge in [-0.15, -0.1) is 0 Å². The Bertz CT molecular complexity index is 898. The van der Waals surface area contributed by atoms with E-state index in [1.54, 1.807) is 7.11 Å². The second-order valence-corrected chi connectivity index (χ2v) is 9.06. The van der Waals surface area contributed by atoms with E-state index in [4.69, 9.17) is 9.47 Å². The third kappa shape index (κ3) is 5.99. The predicted octanol–water partition coefficient (Wildman–Crippen LogP) is 4.05. The lowest BCUT2D eigenvalue weighted by molar-refractivity contribution is -0.134. The molecule has 2 aromatic rings. The molecule has 1 amide bonds. The SMILES string of the molecule is COc1ccc(N2CCN(C(=O)CCCO)[C@@H](Cc3ccccc3)C2)cc1OC1CCCC1. The molecular formula is C27H36N2O4. The van der Waals surface area contributed by atoms with E-state index in [9.17, 15) is 9.90 Å². The summed E-state index contributed by atoms with van der Waals surface area (Å²) in [4.78, 5) is 17.3. The fraction of sp³-hybridized carbons (Fsp3) is 0.519. The summed E-state index contributed by atoms with van der Waals surface area (Å²) in [7, 11) is 1.68. The van der Waals surface area contributed by atoms with Gasteiger partial charge < -0.3 is 24.4 Å². The number of ether oxygens (including phenoxy) is 2. The monoisotopic (exact) mass is 452 g/mol. The molecule has 0 unspecified atom stereocenters. The Hall–Kier alpha value is -2.73. The molecule has 2 aliphatic rings. The molecule has 2 aromatic carbocycles. The number of anilines is 1. The maximum atomic E-state index is 12.9. The minimum absolute atomic E-state index is 0.0463. The fourth-order valence-corrected chi connectivity index (χ4v) is 4.99. The highest BCUT2D eigenvalue weighted by atomic mass is 16.5. The lowest BCUT2D eigenvalue weighted by Crippen LogP contribution is -2.56. The van der Waals surface area contributed by atoms with Crippen LogP contribution < -0.4 is 14.4 Å². The van der Waals surface area contributed by atoms with Crippen molar-refractivity contribution in [1.82, 2.24) is 4.90 Å². The van der Waals surface area contributed by atoms with E-state index in [1.165, 1.54) is 18.4 Å². The Morgan fingerprint density at radius 2 is 1.85 bits per heavy atom. The molecule has 0 aromatic heterocycles. The Morgan fingerprint density at radius 1 is 1.06 bits per heavy atom. The summed E-state index contributed by atoms with van der Waals surface area (Å²) in [5.41, 5.74) is 2.33. The van der Waals surface area contributed by atoms with E-state index in [0.717, 1.165) is 49.5 Å². The van der Waals surface area contributed by atoms with Gasteiger partial charge in [-0.05, 0) is 56.2 Å². The van der Waals surface area contributed by atoms with Gasteiger partial charge in [0.2, 0.25) is 5.91 Å². The Kier molecular flexibility index (Phi) is 8.10. The first-order valence-corrected chi connectivity index (χ1v) is 12.2. The number of aliphatic hydroxyl groups is 1. The van der Waals surface area contributed by atoms with Gasteiger partial charge in [-0.1, -0.05) is 30.3 Å². The Morgan fingerprint density at radius 3 is 2.58 bits per heavy atom. The number of piperazine rings is 1. The molecule has 1 atom stereocenters. The quantitative estimate of drug-likeness (QED) is 0.622. The zero-order valence-corrected chi connectivity index (χ0v) is 19.6. The molecule has 0 radical (unpaired) electrons. The maximum absolute atomic E-state index is 12.9. The lowest BCUT2D eigenvalue weighted by atomic mass is 10.0. The fourth-order valence-electron chi connectivity index (χ4n) is 4.99. The van der Waals surface area contributed by atoms with Crippen LogP contribution in [-0.2, 0) is 11.2 Å². The summed E-state index contributed by atoms with van der Waals surface area (Å²) < 4.78 is 11.9. The molecule has 178 valence electrons. The second kappa shape index (κ2) is 11.4. The van der Waals surface area contributed by atoms with Crippen LogP contribution in [0.3, 0.4) is 0 Å². The number of hydrogen-bond donors (Lipinski definition) is 1. The highest BCUT2D eigenvalue weighted by Crippen LogP contribution is 2.35. The van der Waals surface area contributed by atoms with E-state index in [0.29, 0.717) is 19.4 Å². The molecule has 1 aliphatic heterocycles. The van der Waals surface area contributed by atoms with Crippen LogP contribution in [0, 0.1) is 0 Å². The first-order valence-electron chi connectivity index (χ1n) is 12.2. The van der Waals surface area contributed by atoms with E-state index in [1.807, 2.05) is 29.2 Å². The van der Waals surface area contributed by atoms with Gasteiger partial charge in [0, 0.05) is 44.4 Å². The number of rotatable bonds is 9. The van der Waals surface area contributed by atoms with Crippen LogP contribution in [0.25, 0.3) is 0 Å². The first-order chi connectivity index (χ1) is 16.2. The number of methoxy groups -OCH3 is 1. The van der Waals surface area contributed by atoms with Gasteiger partial charge in [-0.2, -0.15) is 0 Å². The van der Waals surface area contributed by atoms with E-state index >= 15 is 0 Å². The molecule has 1 N–H and O–H groups in total. The van der Waals surface area contributed by atoms with Gasteiger partial charge in [0.05, 0.1) is 19.3 Å². The summed E-state index contributed by atoms with van der Waals surface area (Å²) in [5.74, 6) is 1.71. The summed E-state index contributed by atoms with van der Waals surface area (Å²) in [5, 5.41) is 9.17. The van der Waals surface area contributed by atoms with Crippen LogP contribution >= 0.6 is 0 Å². The van der Waals surface area contributed by atoms with Crippen molar-refractivity contribution >= 4 is 11.6 Å². The molecule has 1 heterocycles. The third-order valence-electron chi connectivity index (χ3n) is 6.77. The molecule has 4 rings (SSSR count). The average Bonchev–Trinajstić information content (AvgIpc) is 3.36. The molecular weight excluding hydrogens is 416 g/mol. The highest BCUT2D eigenvalue weighted by Gasteiger charge is 2.31. The average molecular weight is 453 g/mol. The van der Waals surface area contributed by atoms with Crippen LogP contribution in [0.15, 0.2) is 48.5 Å². The summed E-state index contributed by atoms with van der Waals surface area (Å²) in [6.07, 6.45) is 6.62. The number of amides is 1. The minimum atomic E-state index is 0.0463. The van der Waals surface area contributed by atoms with Crippen molar-refractivity contribution < 1.29 is 19.4 Å². The number of aliphatic hydroxyl groups excluding tert-OH is 1. The number of carbonyl (C=O) groups is 1. The summed E-state index contributed by atoms with van der Waals surface area (Å²) in [6, 6.07) is 16.6. The molecule has 1 aliphatic carbocycles. The Labute approximate surface area is 197 Å². The first kappa shape index (κ1) is 23.4. The number of benzene rings is 2. The van der Waals surface area contributed by atoms with Crippen molar-refractivity contribution in [3.63, 3.8) is 0 Å². The molecule has 2 fully saturated rings. The number of carbonyl (C=O) groups excluding carboxylic acids is 1. The standard InChI is InChI=1S/C27H36N2O4/c1-32-25-14-13-22(19-26(25)33-24-10-5-6-11-24)28-15-16-29(27(31)12-7-17-30)23(20-28)18-21-8-3-2-4-9-21/h2-4,8-9,13-14,19,23-24,30H,5-7,10-12,15-18,20H2,1H3/t23-/m0/s1. The zero-order valence-electron chi connectivity index (χ0n) is 19.6. The van der Waals surface area contributed by atoms with Crippen LogP contribution in [0.1, 0.15) is 44.1 Å². The van der Waals surface area contributed by atoms with Crippen molar-refractivity contribution in [3.8, 4) is 11.5 Å². The van der Waals surface area contributed by atoms with Crippen LogP contribution in [0.5, 0.6) is 11.5 Å². The van der Waals surface area contributed by atoms with Crippen molar-refractivity contribution in [1.29, 1.82) is 0 Å². The van der Waals surface area contributed by atoms with Crippen molar-refractivity contribution in [2.24, 2.45) is 0 Å². The molecule has 1 saturated carbocycles. The molecule has 0 bridgehead atoms. The van der Waals surface area contributed by atoms with Crippen molar-refractivity contribution in [2.45, 2.75) is 57.1 Å². The van der Waals surface area contributed by atoms with Crippen LogP contribution in [0.4, 0.5) is 5.69 Å². The van der Waals surface area contributed by atoms with Gasteiger partial charge in [-0.3, -0.25) is 4.79 Å². The van der Waals surface area contributed by atoms with Crippen LogP contribution in [0.2, 0.25) is 0 Å². The number of hydrogen-bond acceptors (Lipinski definition) is 5. The summed E-state index contributed by atoms with van der Waals surface area (Å²) in [6.45, 7) is 2.25. The predicted molar refractivity (Wildman–Crippen MR) is 130 cm³/mol. The van der Waals surface area contributed by atoms with Gasteiger partial charge in [0.1, 0.15) is 0 Å². The topological polar surface area (TPSA) is 62.2 Å². The van der Waals surface area contributed by atoms with Crippen molar-refractivity contribution in [3.05, 3.63) is 54.1 Å². The molecule has 33 heavy (non-hydrogen) atoms. The maximum Gasteiger partial charge on any atom is 0.223 e. The minimum Gasteiger partial charge on any atom is -0.493 e. The largest absolute Gasteiger partial charge is 0.493 e. The molecule has 0 spiro atoms.